The fourth-order valence-corrected chi connectivity index (χ4v) is 2.56. The van der Waals surface area contributed by atoms with E-state index in [0.717, 1.165) is 6.42 Å². The first kappa shape index (κ1) is 16.1. The maximum atomic E-state index is 10.9. The molecule has 1 radical (unpaired) electrons. The van der Waals surface area contributed by atoms with Gasteiger partial charge in [0.1, 0.15) is 6.35 Å². The molecule has 0 saturated carbocycles. The van der Waals surface area contributed by atoms with E-state index >= 15 is 0 Å². The molecule has 1 N–H and O–H groups in total. The van der Waals surface area contributed by atoms with Crippen molar-refractivity contribution < 1.29 is 9.67 Å². The maximum Gasteiger partial charge on any atom is 0.113 e. The van der Waals surface area contributed by atoms with Crippen molar-refractivity contribution in [3.05, 3.63) is 0 Å². The lowest BCUT2D eigenvalue weighted by Crippen LogP contribution is -1.85. The van der Waals surface area contributed by atoms with E-state index in [1.165, 1.54) is 57.8 Å². The summed E-state index contributed by atoms with van der Waals surface area (Å²) in [6.45, 7) is 2.25. The molecule has 0 aromatic carbocycles. The minimum absolute atomic E-state index is 0.132. The van der Waals surface area contributed by atoms with Gasteiger partial charge in [-0.25, -0.2) is 0 Å². The standard InChI is InChI=1S/C13H28O2P/c1-2-3-4-5-6-7-8-9-10-11-12-16(15)13-14/h14H,2-13H2,1H3. The highest BCUT2D eigenvalue weighted by Gasteiger charge is 1.97. The van der Waals surface area contributed by atoms with Crippen LogP contribution in [-0.2, 0) is 4.57 Å². The van der Waals surface area contributed by atoms with Crippen LogP contribution in [0.5, 0.6) is 0 Å². The third kappa shape index (κ3) is 12.1. The molecular weight excluding hydrogens is 219 g/mol. The predicted octanol–water partition coefficient (Wildman–Crippen LogP) is 4.68. The third-order valence-corrected chi connectivity index (χ3v) is 4.05. The van der Waals surface area contributed by atoms with Gasteiger partial charge in [0.05, 0.1) is 7.80 Å². The molecule has 0 aliphatic carbocycles. The lowest BCUT2D eigenvalue weighted by molar-refractivity contribution is 0.362. The number of unbranched alkanes of at least 4 members (excludes halogenated alkanes) is 9. The topological polar surface area (TPSA) is 37.3 Å². The highest BCUT2D eigenvalue weighted by molar-refractivity contribution is 7.44. The van der Waals surface area contributed by atoms with Gasteiger partial charge in [-0.05, 0) is 6.42 Å². The van der Waals surface area contributed by atoms with E-state index in [9.17, 15) is 4.57 Å². The fourth-order valence-electron chi connectivity index (χ4n) is 1.85. The molecule has 0 aliphatic heterocycles. The van der Waals surface area contributed by atoms with Gasteiger partial charge in [0.2, 0.25) is 0 Å². The summed E-state index contributed by atoms with van der Waals surface area (Å²) < 4.78 is 10.9. The zero-order valence-electron chi connectivity index (χ0n) is 10.8. The average molecular weight is 247 g/mol. The van der Waals surface area contributed by atoms with Crippen molar-refractivity contribution in [2.45, 2.75) is 71.1 Å². The molecule has 1 unspecified atom stereocenters. The van der Waals surface area contributed by atoms with Gasteiger partial charge >= 0.3 is 0 Å². The average Bonchev–Trinajstić information content (AvgIpc) is 2.31. The van der Waals surface area contributed by atoms with E-state index in [4.69, 9.17) is 5.11 Å². The first-order valence-electron chi connectivity index (χ1n) is 6.84. The Kier molecular flexibility index (Phi) is 13.2. The zero-order chi connectivity index (χ0) is 12.1. The van der Waals surface area contributed by atoms with E-state index in [0.29, 0.717) is 6.16 Å². The van der Waals surface area contributed by atoms with Crippen molar-refractivity contribution in [1.29, 1.82) is 0 Å². The molecule has 16 heavy (non-hydrogen) atoms. The third-order valence-electron chi connectivity index (χ3n) is 2.92. The van der Waals surface area contributed by atoms with Crippen LogP contribution in [0.25, 0.3) is 0 Å². The van der Waals surface area contributed by atoms with E-state index in [1.54, 1.807) is 0 Å². The summed E-state index contributed by atoms with van der Waals surface area (Å²) in [7, 11) is -1.31. The molecule has 2 nitrogen and oxygen atoms in total. The molecule has 0 aliphatic rings. The van der Waals surface area contributed by atoms with Crippen LogP contribution in [-0.4, -0.2) is 17.6 Å². The number of rotatable bonds is 12. The van der Waals surface area contributed by atoms with E-state index in [-0.39, 0.29) is 6.35 Å². The van der Waals surface area contributed by atoms with Crippen LogP contribution in [0.1, 0.15) is 71.1 Å². The Morgan fingerprint density at radius 3 is 1.69 bits per heavy atom. The zero-order valence-corrected chi connectivity index (χ0v) is 11.7. The molecule has 0 rings (SSSR count). The Balaban J connectivity index is 2.96. The van der Waals surface area contributed by atoms with Crippen molar-refractivity contribution in [2.75, 3.05) is 12.5 Å². The van der Waals surface area contributed by atoms with Gasteiger partial charge in [-0.1, -0.05) is 64.7 Å². The van der Waals surface area contributed by atoms with Gasteiger partial charge in [-0.15, -0.1) is 0 Å². The monoisotopic (exact) mass is 247 g/mol. The summed E-state index contributed by atoms with van der Waals surface area (Å²) in [5.41, 5.74) is 0. The van der Waals surface area contributed by atoms with Crippen LogP contribution in [0, 0.1) is 0 Å². The van der Waals surface area contributed by atoms with Crippen molar-refractivity contribution in [1.82, 2.24) is 0 Å². The Bertz CT molecular complexity index is 160. The van der Waals surface area contributed by atoms with Crippen molar-refractivity contribution >= 4 is 7.80 Å². The van der Waals surface area contributed by atoms with Crippen molar-refractivity contribution in [3.63, 3.8) is 0 Å². The van der Waals surface area contributed by atoms with Gasteiger partial charge in [-0.2, -0.15) is 0 Å². The molecule has 0 spiro atoms. The van der Waals surface area contributed by atoms with Crippen LogP contribution in [0.15, 0.2) is 0 Å². The van der Waals surface area contributed by atoms with E-state index in [2.05, 4.69) is 6.92 Å². The summed E-state index contributed by atoms with van der Waals surface area (Å²) in [5.74, 6) is 0. The number of hydrogen-bond acceptors (Lipinski definition) is 2. The van der Waals surface area contributed by atoms with Crippen LogP contribution < -0.4 is 0 Å². The number of aliphatic hydroxyl groups is 1. The van der Waals surface area contributed by atoms with E-state index in [1.807, 2.05) is 0 Å². The molecule has 97 valence electrons. The van der Waals surface area contributed by atoms with Gasteiger partial charge in [0, 0.05) is 6.16 Å². The lowest BCUT2D eigenvalue weighted by Gasteiger charge is -2.01. The summed E-state index contributed by atoms with van der Waals surface area (Å²) in [6, 6.07) is 0. The second-order valence-corrected chi connectivity index (χ2v) is 6.22. The largest absolute Gasteiger partial charge is 0.385 e. The molecule has 0 heterocycles. The first-order valence-corrected chi connectivity index (χ1v) is 8.47. The summed E-state index contributed by atoms with van der Waals surface area (Å²) in [5, 5.41) is 8.59. The molecule has 0 amide bonds. The Labute approximate surface area is 102 Å². The smallest absolute Gasteiger partial charge is 0.113 e. The van der Waals surface area contributed by atoms with Gasteiger partial charge in [0.25, 0.3) is 0 Å². The Hall–Kier alpha value is 0.0600. The summed E-state index contributed by atoms with van der Waals surface area (Å²) in [6.07, 6.45) is 13.6. The second kappa shape index (κ2) is 13.1. The number of hydrogen-bond donors (Lipinski definition) is 1. The maximum absolute atomic E-state index is 10.9. The minimum atomic E-state index is -1.31. The Morgan fingerprint density at radius 1 is 0.812 bits per heavy atom. The fraction of sp³-hybridized carbons (Fsp3) is 1.00. The summed E-state index contributed by atoms with van der Waals surface area (Å²) in [4.78, 5) is 0. The van der Waals surface area contributed by atoms with Crippen molar-refractivity contribution in [2.24, 2.45) is 0 Å². The molecule has 0 aromatic rings. The van der Waals surface area contributed by atoms with Gasteiger partial charge in [0.15, 0.2) is 0 Å². The highest BCUT2D eigenvalue weighted by Crippen LogP contribution is 2.20. The van der Waals surface area contributed by atoms with Crippen molar-refractivity contribution in [3.8, 4) is 0 Å². The lowest BCUT2D eigenvalue weighted by atomic mass is 10.1. The molecule has 0 bridgehead atoms. The second-order valence-electron chi connectivity index (χ2n) is 4.53. The normalized spacial score (nSPS) is 11.8. The molecule has 1 atom stereocenters. The first-order chi connectivity index (χ1) is 7.81. The Morgan fingerprint density at radius 2 is 1.25 bits per heavy atom. The van der Waals surface area contributed by atoms with Crippen LogP contribution in [0.3, 0.4) is 0 Å². The van der Waals surface area contributed by atoms with Gasteiger partial charge < -0.3 is 5.11 Å². The van der Waals surface area contributed by atoms with E-state index < -0.39 is 7.80 Å². The molecule has 0 aromatic heterocycles. The number of aliphatic hydroxyl groups excluding tert-OH is 1. The quantitative estimate of drug-likeness (QED) is 0.401. The molecule has 0 saturated heterocycles. The van der Waals surface area contributed by atoms with Gasteiger partial charge in [-0.3, -0.25) is 4.57 Å². The van der Waals surface area contributed by atoms with Crippen LogP contribution in [0.4, 0.5) is 0 Å². The SMILES string of the molecule is CCCCCCCCCCCC[P](=O)CO. The van der Waals surface area contributed by atoms with Crippen LogP contribution >= 0.6 is 7.80 Å². The highest BCUT2D eigenvalue weighted by atomic mass is 31.1. The molecule has 0 fully saturated rings. The molecular formula is C13H28O2P. The summed E-state index contributed by atoms with van der Waals surface area (Å²) >= 11 is 0. The molecule has 3 heteroatoms. The predicted molar refractivity (Wildman–Crippen MR) is 71.4 cm³/mol. The minimum Gasteiger partial charge on any atom is -0.385 e. The van der Waals surface area contributed by atoms with Crippen LogP contribution in [0.2, 0.25) is 0 Å².